The number of fused-ring (bicyclic) bond motifs is 1. The van der Waals surface area contributed by atoms with Crippen LogP contribution >= 0.6 is 11.6 Å². The number of imidazole rings is 1. The van der Waals surface area contributed by atoms with Crippen molar-refractivity contribution in [2.75, 3.05) is 38.8 Å². The first kappa shape index (κ1) is 25.0. The maximum Gasteiger partial charge on any atom is 0.343 e. The van der Waals surface area contributed by atoms with Crippen LogP contribution in [-0.4, -0.2) is 65.7 Å². The van der Waals surface area contributed by atoms with Gasteiger partial charge in [0.05, 0.1) is 24.0 Å². The number of rotatable bonds is 8. The highest BCUT2D eigenvalue weighted by molar-refractivity contribution is 6.34. The van der Waals surface area contributed by atoms with Gasteiger partial charge in [-0.2, -0.15) is 0 Å². The molecule has 0 bridgehead atoms. The summed E-state index contributed by atoms with van der Waals surface area (Å²) < 4.78 is 10.0. The van der Waals surface area contributed by atoms with Gasteiger partial charge in [-0.3, -0.25) is 4.90 Å². The van der Waals surface area contributed by atoms with E-state index >= 15 is 0 Å². The Morgan fingerprint density at radius 1 is 1.14 bits per heavy atom. The number of aromatic amines is 1. The number of carbonyl (C=O) groups excluding carboxylic acids is 1. The normalized spacial score (nSPS) is 14.6. The molecule has 0 atom stereocenters. The standard InChI is InChI=1S/C28H30ClN5O3/c1-33(21-12-14-34(15-13-21)17-19-6-4-3-5-7-19)26-23(29)16-30-28-25(26)31-27(32-28)20-8-10-22(11-9-20)37-18-24(35)36-2/h3-11,16,21H,12-15,17-18H2,1-2H3,(H,30,31,32). The highest BCUT2D eigenvalue weighted by Crippen LogP contribution is 2.35. The fourth-order valence-electron chi connectivity index (χ4n) is 4.80. The van der Waals surface area contributed by atoms with Gasteiger partial charge in [-0.1, -0.05) is 41.9 Å². The Kier molecular flexibility index (Phi) is 7.58. The smallest absolute Gasteiger partial charge is 0.343 e. The molecule has 5 rings (SSSR count). The Bertz CT molecular complexity index is 1350. The number of benzene rings is 2. The summed E-state index contributed by atoms with van der Waals surface area (Å²) in [6.45, 7) is 2.92. The van der Waals surface area contributed by atoms with Gasteiger partial charge in [-0.05, 0) is 42.7 Å². The van der Waals surface area contributed by atoms with E-state index in [2.05, 4.69) is 61.9 Å². The van der Waals surface area contributed by atoms with Gasteiger partial charge in [-0.25, -0.2) is 14.8 Å². The molecule has 1 aliphatic rings. The summed E-state index contributed by atoms with van der Waals surface area (Å²) in [5.74, 6) is 0.838. The van der Waals surface area contributed by atoms with Crippen LogP contribution in [0.15, 0.2) is 60.8 Å². The molecule has 8 nitrogen and oxygen atoms in total. The van der Waals surface area contributed by atoms with Crippen molar-refractivity contribution in [1.82, 2.24) is 19.9 Å². The van der Waals surface area contributed by atoms with Crippen LogP contribution < -0.4 is 9.64 Å². The molecule has 0 saturated carbocycles. The van der Waals surface area contributed by atoms with Crippen molar-refractivity contribution in [1.29, 1.82) is 0 Å². The number of hydrogen-bond donors (Lipinski definition) is 1. The van der Waals surface area contributed by atoms with E-state index in [1.807, 2.05) is 12.1 Å². The Hall–Kier alpha value is -3.62. The van der Waals surface area contributed by atoms with Crippen molar-refractivity contribution in [2.45, 2.75) is 25.4 Å². The predicted octanol–water partition coefficient (Wildman–Crippen LogP) is 4.93. The van der Waals surface area contributed by atoms with E-state index in [0.29, 0.717) is 28.3 Å². The lowest BCUT2D eigenvalue weighted by molar-refractivity contribution is -0.142. The topological polar surface area (TPSA) is 83.6 Å². The molecular formula is C28H30ClN5O3. The van der Waals surface area contributed by atoms with Crippen LogP contribution in [0.1, 0.15) is 18.4 Å². The monoisotopic (exact) mass is 519 g/mol. The molecule has 2 aromatic carbocycles. The van der Waals surface area contributed by atoms with Gasteiger partial charge in [0.2, 0.25) is 0 Å². The second-order valence-corrected chi connectivity index (χ2v) is 9.64. The summed E-state index contributed by atoms with van der Waals surface area (Å²) in [6, 6.07) is 18.3. The minimum absolute atomic E-state index is 0.135. The summed E-state index contributed by atoms with van der Waals surface area (Å²) in [6.07, 6.45) is 3.78. The van der Waals surface area contributed by atoms with E-state index < -0.39 is 5.97 Å². The quantitative estimate of drug-likeness (QED) is 0.330. The Balaban J connectivity index is 1.30. The Labute approximate surface area is 221 Å². The SMILES string of the molecule is COC(=O)COc1ccc(-c2nc3ncc(Cl)c(N(C)C4CCN(Cc5ccccc5)CC4)c3[nH]2)cc1. The lowest BCUT2D eigenvalue weighted by atomic mass is 10.0. The Morgan fingerprint density at radius 3 is 2.57 bits per heavy atom. The number of pyridine rings is 1. The van der Waals surface area contributed by atoms with Crippen molar-refractivity contribution in [3.05, 3.63) is 71.4 Å². The van der Waals surface area contributed by atoms with E-state index in [9.17, 15) is 4.79 Å². The van der Waals surface area contributed by atoms with Gasteiger partial charge < -0.3 is 19.4 Å². The van der Waals surface area contributed by atoms with E-state index in [-0.39, 0.29) is 6.61 Å². The van der Waals surface area contributed by atoms with Gasteiger partial charge in [-0.15, -0.1) is 0 Å². The van der Waals surface area contributed by atoms with E-state index in [1.165, 1.54) is 12.7 Å². The number of hydrogen-bond acceptors (Lipinski definition) is 7. The molecule has 1 saturated heterocycles. The number of nitrogens with zero attached hydrogens (tertiary/aromatic N) is 4. The zero-order valence-electron chi connectivity index (χ0n) is 21.0. The summed E-state index contributed by atoms with van der Waals surface area (Å²) in [5, 5.41) is 0.600. The van der Waals surface area contributed by atoms with Gasteiger partial charge in [0.25, 0.3) is 0 Å². The molecule has 1 fully saturated rings. The van der Waals surface area contributed by atoms with Crippen LogP contribution in [0, 0.1) is 0 Å². The number of methoxy groups -OCH3 is 1. The minimum atomic E-state index is -0.428. The van der Waals surface area contributed by atoms with Gasteiger partial charge in [0.1, 0.15) is 17.1 Å². The number of nitrogens with one attached hydrogen (secondary N) is 1. The fourth-order valence-corrected chi connectivity index (χ4v) is 5.08. The van der Waals surface area contributed by atoms with Crippen LogP contribution in [0.25, 0.3) is 22.6 Å². The highest BCUT2D eigenvalue weighted by atomic mass is 35.5. The van der Waals surface area contributed by atoms with Gasteiger partial charge in [0, 0.05) is 38.3 Å². The lowest BCUT2D eigenvalue weighted by Gasteiger charge is -2.38. The van der Waals surface area contributed by atoms with Crippen LogP contribution in [0.4, 0.5) is 5.69 Å². The molecular weight excluding hydrogens is 490 g/mol. The average molecular weight is 520 g/mol. The molecule has 0 amide bonds. The number of aromatic nitrogens is 3. The van der Waals surface area contributed by atoms with E-state index in [0.717, 1.165) is 49.2 Å². The number of ether oxygens (including phenoxy) is 2. The average Bonchev–Trinajstić information content (AvgIpc) is 3.37. The number of halogens is 1. The summed E-state index contributed by atoms with van der Waals surface area (Å²) in [5.41, 5.74) is 4.59. The zero-order chi connectivity index (χ0) is 25.8. The first-order valence-electron chi connectivity index (χ1n) is 12.3. The molecule has 3 heterocycles. The number of likely N-dealkylation sites (tertiary alicyclic amines) is 1. The largest absolute Gasteiger partial charge is 0.482 e. The molecule has 0 unspecified atom stereocenters. The number of anilines is 1. The zero-order valence-corrected chi connectivity index (χ0v) is 21.7. The molecule has 4 aromatic rings. The molecule has 0 aliphatic carbocycles. The number of H-pyrrole nitrogens is 1. The van der Waals surface area contributed by atoms with Crippen LogP contribution in [0.3, 0.4) is 0 Å². The molecule has 0 spiro atoms. The third kappa shape index (κ3) is 5.70. The molecule has 1 N–H and O–H groups in total. The van der Waals surface area contributed by atoms with Crippen LogP contribution in [-0.2, 0) is 16.1 Å². The highest BCUT2D eigenvalue weighted by Gasteiger charge is 2.26. The summed E-state index contributed by atoms with van der Waals surface area (Å²) in [4.78, 5) is 28.7. The van der Waals surface area contributed by atoms with Gasteiger partial charge in [0.15, 0.2) is 12.3 Å². The van der Waals surface area contributed by atoms with Crippen LogP contribution in [0.2, 0.25) is 5.02 Å². The van der Waals surface area contributed by atoms with Gasteiger partial charge >= 0.3 is 5.97 Å². The summed E-state index contributed by atoms with van der Waals surface area (Å²) in [7, 11) is 3.43. The maximum absolute atomic E-state index is 11.3. The van der Waals surface area contributed by atoms with Crippen LogP contribution in [0.5, 0.6) is 5.75 Å². The molecule has 192 valence electrons. The number of esters is 1. The third-order valence-electron chi connectivity index (χ3n) is 6.87. The Morgan fingerprint density at radius 2 is 1.86 bits per heavy atom. The van der Waals surface area contributed by atoms with E-state index in [1.54, 1.807) is 18.3 Å². The fraction of sp³-hybridized carbons (Fsp3) is 0.321. The first-order chi connectivity index (χ1) is 18.0. The third-order valence-corrected chi connectivity index (χ3v) is 7.14. The van der Waals surface area contributed by atoms with E-state index in [4.69, 9.17) is 21.3 Å². The van der Waals surface area contributed by atoms with Crippen molar-refractivity contribution in [2.24, 2.45) is 0 Å². The molecule has 9 heteroatoms. The maximum atomic E-state index is 11.3. The first-order valence-corrected chi connectivity index (χ1v) is 12.7. The molecule has 37 heavy (non-hydrogen) atoms. The van der Waals surface area contributed by atoms with Crippen molar-refractivity contribution in [3.8, 4) is 17.1 Å². The second kappa shape index (κ2) is 11.2. The lowest BCUT2D eigenvalue weighted by Crippen LogP contribution is -2.43. The molecule has 0 radical (unpaired) electrons. The predicted molar refractivity (Wildman–Crippen MR) is 145 cm³/mol. The van der Waals surface area contributed by atoms with Crippen molar-refractivity contribution < 1.29 is 14.3 Å². The molecule has 1 aliphatic heterocycles. The number of piperidine rings is 1. The van der Waals surface area contributed by atoms with Crippen molar-refractivity contribution >= 4 is 34.4 Å². The second-order valence-electron chi connectivity index (χ2n) is 9.23. The molecule has 2 aromatic heterocycles. The van der Waals surface area contributed by atoms with Crippen molar-refractivity contribution in [3.63, 3.8) is 0 Å². The minimum Gasteiger partial charge on any atom is -0.482 e. The number of carbonyl (C=O) groups is 1. The summed E-state index contributed by atoms with van der Waals surface area (Å²) >= 11 is 6.68.